The lowest BCUT2D eigenvalue weighted by Gasteiger charge is -2.17. The number of anilines is 1. The molecule has 0 radical (unpaired) electrons. The van der Waals surface area contributed by atoms with E-state index in [1.165, 1.54) is 9.58 Å². The van der Waals surface area contributed by atoms with Crippen LogP contribution in [0.3, 0.4) is 0 Å². The summed E-state index contributed by atoms with van der Waals surface area (Å²) in [6.07, 6.45) is 0. The van der Waals surface area contributed by atoms with Gasteiger partial charge < -0.3 is 4.74 Å². The maximum atomic E-state index is 12.6. The van der Waals surface area contributed by atoms with Gasteiger partial charge >= 0.3 is 6.03 Å². The fourth-order valence-electron chi connectivity index (χ4n) is 2.08. The Kier molecular flexibility index (Phi) is 3.27. The van der Waals surface area contributed by atoms with Crippen LogP contribution in [0.2, 0.25) is 0 Å². The smallest absolute Gasteiger partial charge is 0.350 e. The fourth-order valence-corrected chi connectivity index (χ4v) is 2.08. The fraction of sp³-hybridized carbons (Fsp3) is 0.133. The molecule has 0 saturated carbocycles. The van der Waals surface area contributed by atoms with Gasteiger partial charge in [-0.15, -0.1) is 5.10 Å². The molecule has 0 N–H and O–H groups in total. The molecule has 0 atom stereocenters. The molecule has 0 aliphatic heterocycles. The number of methoxy groups -OCH3 is 1. The molecule has 0 fully saturated rings. The van der Waals surface area contributed by atoms with Crippen LogP contribution in [0.25, 0.3) is 11.0 Å². The summed E-state index contributed by atoms with van der Waals surface area (Å²) in [6, 6.07) is 14.3. The molecule has 0 spiro atoms. The Balaban J connectivity index is 1.97. The quantitative estimate of drug-likeness (QED) is 0.724. The maximum absolute atomic E-state index is 12.6. The number of para-hydroxylation sites is 1. The van der Waals surface area contributed by atoms with Crippen molar-refractivity contribution in [1.82, 2.24) is 15.0 Å². The van der Waals surface area contributed by atoms with Crippen LogP contribution in [0.4, 0.5) is 10.5 Å². The summed E-state index contributed by atoms with van der Waals surface area (Å²) in [5.74, 6) is 0.690. The third-order valence-corrected chi connectivity index (χ3v) is 3.26. The number of benzene rings is 2. The normalized spacial score (nSPS) is 10.6. The van der Waals surface area contributed by atoms with E-state index in [0.717, 1.165) is 5.69 Å². The monoisotopic (exact) mass is 282 g/mol. The molecule has 3 rings (SSSR count). The van der Waals surface area contributed by atoms with Gasteiger partial charge in [0, 0.05) is 18.8 Å². The van der Waals surface area contributed by atoms with Gasteiger partial charge in [0.1, 0.15) is 11.3 Å². The maximum Gasteiger partial charge on any atom is 0.350 e. The van der Waals surface area contributed by atoms with Crippen LogP contribution in [0.5, 0.6) is 5.75 Å². The summed E-state index contributed by atoms with van der Waals surface area (Å²) in [6.45, 7) is 0. The molecule has 0 bridgehead atoms. The van der Waals surface area contributed by atoms with E-state index in [0.29, 0.717) is 16.8 Å². The molecule has 6 nitrogen and oxygen atoms in total. The second-order valence-electron chi connectivity index (χ2n) is 4.53. The van der Waals surface area contributed by atoms with Crippen LogP contribution in [-0.2, 0) is 0 Å². The molecule has 1 amide bonds. The van der Waals surface area contributed by atoms with Gasteiger partial charge in [-0.25, -0.2) is 4.79 Å². The van der Waals surface area contributed by atoms with Gasteiger partial charge in [0.15, 0.2) is 0 Å². The highest BCUT2D eigenvalue weighted by molar-refractivity contribution is 5.97. The molecule has 106 valence electrons. The summed E-state index contributed by atoms with van der Waals surface area (Å²) >= 11 is 0. The lowest BCUT2D eigenvalue weighted by Crippen LogP contribution is -2.31. The van der Waals surface area contributed by atoms with Crippen molar-refractivity contribution in [3.05, 3.63) is 48.5 Å². The Morgan fingerprint density at radius 2 is 2.00 bits per heavy atom. The molecule has 3 aromatic rings. The first kappa shape index (κ1) is 13.1. The number of carbonyl (C=O) groups excluding carboxylic acids is 1. The Morgan fingerprint density at radius 3 is 2.81 bits per heavy atom. The molecule has 2 aromatic carbocycles. The van der Waals surface area contributed by atoms with Crippen molar-refractivity contribution in [2.75, 3.05) is 19.1 Å². The highest BCUT2D eigenvalue weighted by atomic mass is 16.5. The van der Waals surface area contributed by atoms with Crippen LogP contribution in [0.15, 0.2) is 48.5 Å². The average molecular weight is 282 g/mol. The Morgan fingerprint density at radius 1 is 1.19 bits per heavy atom. The first-order chi connectivity index (χ1) is 10.2. The number of hydrogen-bond acceptors (Lipinski definition) is 4. The van der Waals surface area contributed by atoms with E-state index in [4.69, 9.17) is 4.74 Å². The third kappa shape index (κ3) is 2.31. The predicted octanol–water partition coefficient (Wildman–Crippen LogP) is 2.54. The molecular weight excluding hydrogens is 268 g/mol. The van der Waals surface area contributed by atoms with E-state index >= 15 is 0 Å². The second-order valence-corrected chi connectivity index (χ2v) is 4.53. The van der Waals surface area contributed by atoms with Gasteiger partial charge in [0.25, 0.3) is 0 Å². The number of carbonyl (C=O) groups is 1. The Hall–Kier alpha value is -2.89. The number of nitrogens with zero attached hydrogens (tertiary/aromatic N) is 4. The number of aromatic nitrogens is 3. The minimum Gasteiger partial charge on any atom is -0.497 e. The highest BCUT2D eigenvalue weighted by Crippen LogP contribution is 2.21. The Labute approximate surface area is 121 Å². The van der Waals surface area contributed by atoms with Gasteiger partial charge in [0.2, 0.25) is 0 Å². The van der Waals surface area contributed by atoms with Gasteiger partial charge in [-0.3, -0.25) is 4.90 Å². The van der Waals surface area contributed by atoms with Crippen molar-refractivity contribution in [2.45, 2.75) is 0 Å². The number of hydrogen-bond donors (Lipinski definition) is 0. The van der Waals surface area contributed by atoms with Crippen molar-refractivity contribution < 1.29 is 9.53 Å². The second kappa shape index (κ2) is 5.24. The van der Waals surface area contributed by atoms with Crippen molar-refractivity contribution in [3.8, 4) is 5.75 Å². The molecule has 0 aliphatic carbocycles. The first-order valence-corrected chi connectivity index (χ1v) is 6.43. The zero-order valence-corrected chi connectivity index (χ0v) is 11.7. The van der Waals surface area contributed by atoms with Gasteiger partial charge in [-0.1, -0.05) is 23.4 Å². The average Bonchev–Trinajstić information content (AvgIpc) is 2.97. The van der Waals surface area contributed by atoms with Crippen molar-refractivity contribution >= 4 is 22.8 Å². The summed E-state index contributed by atoms with van der Waals surface area (Å²) < 4.78 is 6.46. The van der Waals surface area contributed by atoms with Gasteiger partial charge in [0.05, 0.1) is 12.6 Å². The zero-order chi connectivity index (χ0) is 14.8. The van der Waals surface area contributed by atoms with E-state index in [-0.39, 0.29) is 6.03 Å². The Bertz CT molecular complexity index is 797. The standard InChI is InChI=1S/C15H14N4O2/c1-18(11-6-5-7-12(10-11)21-2)15(20)19-14-9-4-3-8-13(14)16-17-19/h3-10H,1-2H3. The molecule has 0 aliphatic rings. The molecule has 0 saturated heterocycles. The van der Waals surface area contributed by atoms with E-state index in [1.807, 2.05) is 42.5 Å². The third-order valence-electron chi connectivity index (χ3n) is 3.26. The minimum absolute atomic E-state index is 0.281. The van der Waals surface area contributed by atoms with Gasteiger partial charge in [-0.05, 0) is 24.3 Å². The largest absolute Gasteiger partial charge is 0.497 e. The number of rotatable bonds is 2. The lowest BCUT2D eigenvalue weighted by atomic mass is 10.3. The summed E-state index contributed by atoms with van der Waals surface area (Å²) in [7, 11) is 3.28. The lowest BCUT2D eigenvalue weighted by molar-refractivity contribution is 0.246. The molecule has 0 unspecified atom stereocenters. The molecular formula is C15H14N4O2. The zero-order valence-electron chi connectivity index (χ0n) is 11.7. The van der Waals surface area contributed by atoms with Crippen molar-refractivity contribution in [3.63, 3.8) is 0 Å². The van der Waals surface area contributed by atoms with E-state index < -0.39 is 0 Å². The van der Waals surface area contributed by atoms with Gasteiger partial charge in [-0.2, -0.15) is 4.68 Å². The summed E-state index contributed by atoms with van der Waals surface area (Å²) in [5.41, 5.74) is 2.08. The van der Waals surface area contributed by atoms with E-state index in [9.17, 15) is 4.79 Å². The molecule has 6 heteroatoms. The predicted molar refractivity (Wildman–Crippen MR) is 79.7 cm³/mol. The summed E-state index contributed by atoms with van der Waals surface area (Å²) in [4.78, 5) is 14.1. The van der Waals surface area contributed by atoms with Crippen LogP contribution in [0, 0.1) is 0 Å². The van der Waals surface area contributed by atoms with Crippen LogP contribution < -0.4 is 9.64 Å². The van der Waals surface area contributed by atoms with Crippen molar-refractivity contribution in [2.24, 2.45) is 0 Å². The minimum atomic E-state index is -0.281. The van der Waals surface area contributed by atoms with Crippen LogP contribution in [-0.4, -0.2) is 35.2 Å². The van der Waals surface area contributed by atoms with Crippen LogP contribution in [0.1, 0.15) is 0 Å². The van der Waals surface area contributed by atoms with Crippen molar-refractivity contribution in [1.29, 1.82) is 0 Å². The topological polar surface area (TPSA) is 60.2 Å². The first-order valence-electron chi connectivity index (χ1n) is 6.43. The van der Waals surface area contributed by atoms with Crippen LogP contribution >= 0.6 is 0 Å². The molecule has 1 heterocycles. The SMILES string of the molecule is COc1cccc(N(C)C(=O)n2nnc3ccccc32)c1. The summed E-state index contributed by atoms with van der Waals surface area (Å²) in [5, 5.41) is 7.92. The molecule has 21 heavy (non-hydrogen) atoms. The molecule has 1 aromatic heterocycles. The van der Waals surface area contributed by atoms with E-state index in [2.05, 4.69) is 10.3 Å². The number of fused-ring (bicyclic) bond motifs is 1. The van der Waals surface area contributed by atoms with E-state index in [1.54, 1.807) is 20.2 Å². The highest BCUT2D eigenvalue weighted by Gasteiger charge is 2.17. The number of amides is 1. The number of ether oxygens (including phenoxy) is 1.